The molecule has 0 heterocycles. The lowest BCUT2D eigenvalue weighted by atomic mass is 9.46. The number of allylic oxidation sites excluding steroid dienone is 1. The fourth-order valence-corrected chi connectivity index (χ4v) is 12.8. The first-order valence-corrected chi connectivity index (χ1v) is 24.7. The van der Waals surface area contributed by atoms with Crippen molar-refractivity contribution >= 4 is 5.97 Å². The molecule has 314 valence electrons. The summed E-state index contributed by atoms with van der Waals surface area (Å²) < 4.78 is 6.45. The largest absolute Gasteiger partial charge is 0.461 e. The molecule has 0 amide bonds. The van der Waals surface area contributed by atoms with Crippen molar-refractivity contribution in [3.05, 3.63) is 11.6 Å². The molecule has 0 radical (unpaired) electrons. The van der Waals surface area contributed by atoms with E-state index < -0.39 is 0 Å². The van der Waals surface area contributed by atoms with Gasteiger partial charge in [-0.25, -0.2) is 0 Å². The first kappa shape index (κ1) is 45.9. The smallest absolute Gasteiger partial charge is 0.306 e. The normalized spacial score (nSPS) is 31.1. The number of carbonyl (C=O) groups is 1. The molecule has 0 aliphatic heterocycles. The van der Waals surface area contributed by atoms with Gasteiger partial charge in [0.05, 0.1) is 6.10 Å². The summed E-state index contributed by atoms with van der Waals surface area (Å²) in [6.45, 7) is 14.7. The number of unbranched alkanes of at least 4 members (excludes halogenated alkanes) is 20. The first-order chi connectivity index (χ1) is 26.1. The van der Waals surface area contributed by atoms with Crippen LogP contribution in [0.2, 0.25) is 0 Å². The van der Waals surface area contributed by atoms with Gasteiger partial charge >= 0.3 is 5.97 Å². The van der Waals surface area contributed by atoms with Crippen LogP contribution in [-0.4, -0.2) is 23.3 Å². The zero-order valence-corrected chi connectivity index (χ0v) is 37.1. The number of hydrogen-bond acceptors (Lipinski definition) is 3. The van der Waals surface area contributed by atoms with Gasteiger partial charge in [-0.1, -0.05) is 201 Å². The van der Waals surface area contributed by atoms with E-state index in [9.17, 15) is 9.90 Å². The predicted octanol–water partition coefficient (Wildman–Crippen LogP) is 15.5. The maximum atomic E-state index is 13.4. The summed E-state index contributed by atoms with van der Waals surface area (Å²) >= 11 is 0. The fourth-order valence-electron chi connectivity index (χ4n) is 12.8. The highest BCUT2D eigenvalue weighted by atomic mass is 16.5. The van der Waals surface area contributed by atoms with E-state index in [0.29, 0.717) is 30.1 Å². The van der Waals surface area contributed by atoms with E-state index in [2.05, 4.69) is 47.6 Å². The molecule has 4 aliphatic carbocycles. The Kier molecular flexibility index (Phi) is 20.5. The summed E-state index contributed by atoms with van der Waals surface area (Å²) in [6, 6.07) is 0. The van der Waals surface area contributed by atoms with E-state index in [-0.39, 0.29) is 23.6 Å². The maximum Gasteiger partial charge on any atom is 0.306 e. The van der Waals surface area contributed by atoms with Gasteiger partial charge in [0.1, 0.15) is 6.10 Å². The van der Waals surface area contributed by atoms with Gasteiger partial charge in [0.25, 0.3) is 0 Å². The van der Waals surface area contributed by atoms with Gasteiger partial charge in [0.2, 0.25) is 0 Å². The van der Waals surface area contributed by atoms with Crippen molar-refractivity contribution in [2.45, 2.75) is 259 Å². The molecule has 0 spiro atoms. The zero-order valence-electron chi connectivity index (χ0n) is 37.1. The Balaban J connectivity index is 1.08. The SMILES string of the molecule is CCCCCCCCCCCCCCCCCCCCCCCC(=O)OC1C[C@@H](O)CC2=CC[C@H]3[C@@H]4CC[C@H]([C@H](C)CCCC(C)C)[C@@]4(C)CC[C@@H]3[C@]21C. The molecule has 0 saturated heterocycles. The van der Waals surface area contributed by atoms with Crippen molar-refractivity contribution in [3.8, 4) is 0 Å². The minimum absolute atomic E-state index is 0.0218. The standard InChI is InChI=1S/C51H92O3/c1-7-8-9-10-11-12-13-14-15-16-17-18-19-20-21-22-23-24-25-26-27-31-49(53)54-48-39-43(52)38-42-32-33-44-46-35-34-45(41(4)30-28-29-40(2)3)50(46,5)37-36-47(44)51(42,48)6/h32,40-41,43-48,52H,7-31,33-39H2,1-6H3/t41-,43+,44+,45-,46+,47+,48?,50-,51+/m1/s1. The van der Waals surface area contributed by atoms with E-state index in [1.807, 2.05) is 0 Å². The molecular formula is C51H92O3. The van der Waals surface area contributed by atoms with Gasteiger partial charge in [0.15, 0.2) is 0 Å². The summed E-state index contributed by atoms with van der Waals surface area (Å²) in [7, 11) is 0. The minimum Gasteiger partial charge on any atom is -0.461 e. The Bertz CT molecular complexity index is 1060. The highest BCUT2D eigenvalue weighted by Gasteiger charge is 2.61. The average Bonchev–Trinajstić information content (AvgIpc) is 3.50. The number of rotatable bonds is 28. The van der Waals surface area contributed by atoms with Gasteiger partial charge in [0, 0.05) is 18.3 Å². The molecule has 3 heteroatoms. The second-order valence-corrected chi connectivity index (χ2v) is 20.5. The van der Waals surface area contributed by atoms with Crippen molar-refractivity contribution in [1.82, 2.24) is 0 Å². The van der Waals surface area contributed by atoms with Crippen LogP contribution < -0.4 is 0 Å². The lowest BCUT2D eigenvalue weighted by molar-refractivity contribution is -0.169. The molecule has 0 aromatic rings. The Hall–Kier alpha value is -0.830. The molecule has 4 aliphatic rings. The Labute approximate surface area is 336 Å². The van der Waals surface area contributed by atoms with Crippen molar-refractivity contribution < 1.29 is 14.6 Å². The van der Waals surface area contributed by atoms with Crippen LogP contribution in [0.5, 0.6) is 0 Å². The predicted molar refractivity (Wildman–Crippen MR) is 232 cm³/mol. The molecule has 4 rings (SSSR count). The minimum atomic E-state index is -0.389. The van der Waals surface area contributed by atoms with Crippen LogP contribution in [0.4, 0.5) is 0 Å². The van der Waals surface area contributed by atoms with Crippen molar-refractivity contribution in [3.63, 3.8) is 0 Å². The third-order valence-electron chi connectivity index (χ3n) is 16.1. The third kappa shape index (κ3) is 13.4. The van der Waals surface area contributed by atoms with Crippen molar-refractivity contribution in [2.75, 3.05) is 0 Å². The number of aliphatic hydroxyl groups excluding tert-OH is 1. The van der Waals surface area contributed by atoms with Crippen molar-refractivity contribution in [2.24, 2.45) is 46.3 Å². The Morgan fingerprint density at radius 1 is 0.722 bits per heavy atom. The molecular weight excluding hydrogens is 661 g/mol. The highest BCUT2D eigenvalue weighted by molar-refractivity contribution is 5.69. The molecule has 0 aromatic heterocycles. The number of aliphatic hydroxyl groups is 1. The van der Waals surface area contributed by atoms with Gasteiger partial charge in [-0.2, -0.15) is 0 Å². The van der Waals surface area contributed by atoms with E-state index in [1.54, 1.807) is 0 Å². The highest BCUT2D eigenvalue weighted by Crippen LogP contribution is 2.67. The maximum absolute atomic E-state index is 13.4. The van der Waals surface area contributed by atoms with E-state index >= 15 is 0 Å². The summed E-state index contributed by atoms with van der Waals surface area (Å²) in [4.78, 5) is 13.4. The molecule has 3 fully saturated rings. The lowest BCUT2D eigenvalue weighted by Gasteiger charge is -2.60. The Morgan fingerprint density at radius 3 is 1.80 bits per heavy atom. The number of ether oxygens (including phenoxy) is 1. The summed E-state index contributed by atoms with van der Waals surface area (Å²) in [5, 5.41) is 11.0. The number of hydrogen-bond donors (Lipinski definition) is 1. The summed E-state index contributed by atoms with van der Waals surface area (Å²) in [5.41, 5.74) is 1.73. The molecule has 3 nitrogen and oxygen atoms in total. The fraction of sp³-hybridized carbons (Fsp3) is 0.941. The van der Waals surface area contributed by atoms with Gasteiger partial charge in [-0.05, 0) is 85.9 Å². The monoisotopic (exact) mass is 753 g/mol. The molecule has 54 heavy (non-hydrogen) atoms. The summed E-state index contributed by atoms with van der Waals surface area (Å²) in [6.07, 6.45) is 43.3. The molecule has 1 unspecified atom stereocenters. The third-order valence-corrected chi connectivity index (χ3v) is 16.1. The second kappa shape index (κ2) is 24.2. The van der Waals surface area contributed by atoms with Crippen LogP contribution in [0.15, 0.2) is 11.6 Å². The van der Waals surface area contributed by atoms with Crippen LogP contribution >= 0.6 is 0 Å². The van der Waals surface area contributed by atoms with Crippen LogP contribution in [0, 0.1) is 46.3 Å². The molecule has 1 N–H and O–H groups in total. The number of esters is 1. The lowest BCUT2D eigenvalue weighted by Crippen LogP contribution is -2.56. The van der Waals surface area contributed by atoms with Crippen LogP contribution in [0.3, 0.4) is 0 Å². The Morgan fingerprint density at radius 2 is 1.26 bits per heavy atom. The van der Waals surface area contributed by atoms with Crippen LogP contribution in [0.1, 0.15) is 247 Å². The van der Waals surface area contributed by atoms with Gasteiger partial charge in [-0.15, -0.1) is 0 Å². The van der Waals surface area contributed by atoms with Crippen LogP contribution in [0.25, 0.3) is 0 Å². The molecule has 0 aromatic carbocycles. The van der Waals surface area contributed by atoms with E-state index in [0.717, 1.165) is 49.4 Å². The quantitative estimate of drug-likeness (QED) is 0.0492. The topological polar surface area (TPSA) is 46.5 Å². The molecule has 9 atom stereocenters. The molecule has 0 bridgehead atoms. The zero-order chi connectivity index (χ0) is 38.8. The number of fused-ring (bicyclic) bond motifs is 5. The summed E-state index contributed by atoms with van der Waals surface area (Å²) in [5.74, 6) is 4.50. The van der Waals surface area contributed by atoms with Gasteiger partial charge in [-0.3, -0.25) is 4.79 Å². The van der Waals surface area contributed by atoms with Crippen molar-refractivity contribution in [1.29, 1.82) is 0 Å². The first-order valence-electron chi connectivity index (χ1n) is 24.7. The van der Waals surface area contributed by atoms with E-state index in [1.165, 1.54) is 173 Å². The van der Waals surface area contributed by atoms with Gasteiger partial charge < -0.3 is 9.84 Å². The average molecular weight is 753 g/mol. The second-order valence-electron chi connectivity index (χ2n) is 20.5. The van der Waals surface area contributed by atoms with Crippen LogP contribution in [-0.2, 0) is 9.53 Å². The van der Waals surface area contributed by atoms with E-state index in [4.69, 9.17) is 4.74 Å². The molecule has 3 saturated carbocycles. The number of carbonyl (C=O) groups excluding carboxylic acids is 1.